The van der Waals surface area contributed by atoms with Crippen molar-refractivity contribution in [3.63, 3.8) is 0 Å². The molecule has 0 aliphatic carbocycles. The third-order valence-corrected chi connectivity index (χ3v) is 4.18. The van der Waals surface area contributed by atoms with Gasteiger partial charge in [0.25, 0.3) is 0 Å². The highest BCUT2D eigenvalue weighted by Gasteiger charge is 2.29. The normalized spacial score (nSPS) is 22.4. The van der Waals surface area contributed by atoms with Gasteiger partial charge in [-0.05, 0) is 37.4 Å². The molecule has 1 heterocycles. The Balaban J connectivity index is 2.21. The third kappa shape index (κ3) is 3.61. The second kappa shape index (κ2) is 6.91. The lowest BCUT2D eigenvalue weighted by molar-refractivity contribution is -0.0444. The number of nitrogens with zero attached hydrogens (tertiary/aromatic N) is 1. The van der Waals surface area contributed by atoms with Gasteiger partial charge in [-0.25, -0.2) is 0 Å². The lowest BCUT2D eigenvalue weighted by Gasteiger charge is -2.36. The Bertz CT molecular complexity index is 428. The van der Waals surface area contributed by atoms with Crippen LogP contribution in [0.4, 0.5) is 0 Å². The maximum atomic E-state index is 6.29. The molecule has 0 saturated carbocycles. The number of likely N-dealkylation sites (N-methyl/N-ethyl adjacent to an activating group) is 2. The minimum absolute atomic E-state index is 0.0561. The first kappa shape index (κ1) is 15.1. The second-order valence-corrected chi connectivity index (χ2v) is 5.58. The van der Waals surface area contributed by atoms with Crippen LogP contribution in [0.25, 0.3) is 0 Å². The zero-order chi connectivity index (χ0) is 13.8. The van der Waals surface area contributed by atoms with Gasteiger partial charge in [0.15, 0.2) is 0 Å². The predicted molar refractivity (Wildman–Crippen MR) is 80.1 cm³/mol. The molecule has 0 spiro atoms. The molecule has 0 bridgehead atoms. The minimum atomic E-state index is 0.0561. The lowest BCUT2D eigenvalue weighted by Crippen LogP contribution is -2.47. The summed E-state index contributed by atoms with van der Waals surface area (Å²) in [6, 6.07) is 5.62. The van der Waals surface area contributed by atoms with Crippen LogP contribution >= 0.6 is 23.2 Å². The van der Waals surface area contributed by atoms with Crippen LogP contribution in [0.2, 0.25) is 10.0 Å². The number of hydrogen-bond donors (Lipinski definition) is 1. The van der Waals surface area contributed by atoms with Gasteiger partial charge < -0.3 is 10.1 Å². The fourth-order valence-electron chi connectivity index (χ4n) is 2.52. The topological polar surface area (TPSA) is 24.5 Å². The molecule has 3 nitrogen and oxygen atoms in total. The largest absolute Gasteiger partial charge is 0.374 e. The number of ether oxygens (including phenoxy) is 1. The highest BCUT2D eigenvalue weighted by Crippen LogP contribution is 2.30. The van der Waals surface area contributed by atoms with Crippen molar-refractivity contribution < 1.29 is 4.74 Å². The molecule has 0 aromatic heterocycles. The van der Waals surface area contributed by atoms with Gasteiger partial charge in [0, 0.05) is 23.1 Å². The average molecular weight is 303 g/mol. The van der Waals surface area contributed by atoms with Crippen LogP contribution in [0.5, 0.6) is 0 Å². The molecule has 1 fully saturated rings. The van der Waals surface area contributed by atoms with Crippen molar-refractivity contribution in [3.8, 4) is 0 Å². The molecule has 1 saturated heterocycles. The number of hydrogen-bond acceptors (Lipinski definition) is 3. The van der Waals surface area contributed by atoms with Crippen LogP contribution in [-0.4, -0.2) is 44.3 Å². The number of nitrogens with one attached hydrogen (secondary N) is 1. The van der Waals surface area contributed by atoms with E-state index in [1.807, 2.05) is 19.2 Å². The molecule has 0 radical (unpaired) electrons. The molecule has 1 aliphatic heterocycles. The molecule has 1 aromatic carbocycles. The number of morpholine rings is 1. The quantitative estimate of drug-likeness (QED) is 0.925. The van der Waals surface area contributed by atoms with Crippen LogP contribution in [0.1, 0.15) is 18.5 Å². The Labute approximate surface area is 124 Å². The van der Waals surface area contributed by atoms with E-state index in [2.05, 4.69) is 17.1 Å². The maximum absolute atomic E-state index is 6.29. The molecule has 19 heavy (non-hydrogen) atoms. The molecule has 1 N–H and O–H groups in total. The standard InChI is InChI=1S/C14H20Cl2N2O/c1-3-18-6-7-19-13(9-18)14(17-2)11-8-10(15)4-5-12(11)16/h4-5,8,13-14,17H,3,6-7,9H2,1-2H3. The van der Waals surface area contributed by atoms with E-state index in [-0.39, 0.29) is 12.1 Å². The van der Waals surface area contributed by atoms with Crippen molar-refractivity contribution in [2.45, 2.75) is 19.1 Å². The van der Waals surface area contributed by atoms with Crippen molar-refractivity contribution >= 4 is 23.2 Å². The van der Waals surface area contributed by atoms with E-state index >= 15 is 0 Å². The smallest absolute Gasteiger partial charge is 0.0897 e. The molecule has 2 unspecified atom stereocenters. The van der Waals surface area contributed by atoms with E-state index in [4.69, 9.17) is 27.9 Å². The minimum Gasteiger partial charge on any atom is -0.374 e. The molecular formula is C14H20Cl2N2O. The van der Waals surface area contributed by atoms with Gasteiger partial charge in [0.05, 0.1) is 18.8 Å². The van der Waals surface area contributed by atoms with Gasteiger partial charge in [-0.15, -0.1) is 0 Å². The fraction of sp³-hybridized carbons (Fsp3) is 0.571. The summed E-state index contributed by atoms with van der Waals surface area (Å²) in [6.07, 6.45) is 0.0923. The first-order valence-corrected chi connectivity index (χ1v) is 7.37. The summed E-state index contributed by atoms with van der Waals surface area (Å²) in [5, 5.41) is 4.73. The van der Waals surface area contributed by atoms with Crippen molar-refractivity contribution in [2.24, 2.45) is 0 Å². The zero-order valence-electron chi connectivity index (χ0n) is 11.3. The summed E-state index contributed by atoms with van der Waals surface area (Å²) in [5.41, 5.74) is 1.000. The summed E-state index contributed by atoms with van der Waals surface area (Å²) in [4.78, 5) is 2.39. The van der Waals surface area contributed by atoms with Gasteiger partial charge >= 0.3 is 0 Å². The van der Waals surface area contributed by atoms with Gasteiger partial charge in [-0.3, -0.25) is 4.90 Å². The van der Waals surface area contributed by atoms with E-state index in [1.165, 1.54) is 0 Å². The maximum Gasteiger partial charge on any atom is 0.0897 e. The second-order valence-electron chi connectivity index (χ2n) is 4.73. The van der Waals surface area contributed by atoms with E-state index < -0.39 is 0 Å². The Morgan fingerprint density at radius 2 is 2.26 bits per heavy atom. The Morgan fingerprint density at radius 3 is 2.95 bits per heavy atom. The number of halogens is 2. The van der Waals surface area contributed by atoms with Gasteiger partial charge in [0.1, 0.15) is 0 Å². The highest BCUT2D eigenvalue weighted by atomic mass is 35.5. The van der Waals surface area contributed by atoms with E-state index in [9.17, 15) is 0 Å². The molecule has 1 aromatic rings. The van der Waals surface area contributed by atoms with Crippen LogP contribution in [0, 0.1) is 0 Å². The van der Waals surface area contributed by atoms with Crippen molar-refractivity contribution in [3.05, 3.63) is 33.8 Å². The highest BCUT2D eigenvalue weighted by molar-refractivity contribution is 6.33. The lowest BCUT2D eigenvalue weighted by atomic mass is 10.00. The summed E-state index contributed by atoms with van der Waals surface area (Å²) in [5.74, 6) is 0. The van der Waals surface area contributed by atoms with Crippen molar-refractivity contribution in [1.29, 1.82) is 0 Å². The summed E-state index contributed by atoms with van der Waals surface area (Å²) >= 11 is 12.4. The number of rotatable bonds is 4. The van der Waals surface area contributed by atoms with Crippen LogP contribution in [0.3, 0.4) is 0 Å². The average Bonchev–Trinajstić information content (AvgIpc) is 2.44. The molecule has 1 aliphatic rings. The van der Waals surface area contributed by atoms with Gasteiger partial charge in [-0.1, -0.05) is 30.1 Å². The molecule has 0 amide bonds. The molecule has 5 heteroatoms. The molecule has 2 atom stereocenters. The summed E-state index contributed by atoms with van der Waals surface area (Å²) in [7, 11) is 1.93. The van der Waals surface area contributed by atoms with E-state index in [0.717, 1.165) is 36.8 Å². The van der Waals surface area contributed by atoms with Crippen LogP contribution < -0.4 is 5.32 Å². The summed E-state index contributed by atoms with van der Waals surface area (Å²) < 4.78 is 5.91. The Morgan fingerprint density at radius 1 is 1.47 bits per heavy atom. The van der Waals surface area contributed by atoms with Crippen LogP contribution in [-0.2, 0) is 4.74 Å². The first-order valence-electron chi connectivity index (χ1n) is 6.62. The van der Waals surface area contributed by atoms with E-state index in [1.54, 1.807) is 6.07 Å². The zero-order valence-corrected chi connectivity index (χ0v) is 12.8. The SMILES string of the molecule is CCN1CCOC(C(NC)c2cc(Cl)ccc2Cl)C1. The predicted octanol–water partition coefficient (Wildman–Crippen LogP) is 2.97. The fourth-order valence-corrected chi connectivity index (χ4v) is 2.93. The van der Waals surface area contributed by atoms with Gasteiger partial charge in [0.2, 0.25) is 0 Å². The van der Waals surface area contributed by atoms with E-state index in [0.29, 0.717) is 5.02 Å². The third-order valence-electron chi connectivity index (χ3n) is 3.60. The first-order chi connectivity index (χ1) is 9.15. The Kier molecular flexibility index (Phi) is 5.48. The van der Waals surface area contributed by atoms with Crippen LogP contribution in [0.15, 0.2) is 18.2 Å². The Hall–Kier alpha value is -0.320. The van der Waals surface area contributed by atoms with Crippen molar-refractivity contribution in [2.75, 3.05) is 33.3 Å². The van der Waals surface area contributed by atoms with Gasteiger partial charge in [-0.2, -0.15) is 0 Å². The van der Waals surface area contributed by atoms with Crippen molar-refractivity contribution in [1.82, 2.24) is 10.2 Å². The monoisotopic (exact) mass is 302 g/mol. The molecule has 2 rings (SSSR count). The number of benzene rings is 1. The molecule has 106 valence electrons. The molecular weight excluding hydrogens is 283 g/mol. The summed E-state index contributed by atoms with van der Waals surface area (Å²) in [6.45, 7) is 5.87.